The SMILES string of the molecule is COc1cc(/C=N/NC(=O)COc2cccc3cccnc23)cc(I)c1OCc1ccccc1Cl. The summed E-state index contributed by atoms with van der Waals surface area (Å²) in [6, 6.07) is 20.5. The number of pyridine rings is 1. The van der Waals surface area contributed by atoms with Crippen LogP contribution in [0.4, 0.5) is 0 Å². The second-order valence-electron chi connectivity index (χ2n) is 7.33. The maximum absolute atomic E-state index is 12.2. The number of rotatable bonds is 9. The molecule has 0 saturated carbocycles. The van der Waals surface area contributed by atoms with Gasteiger partial charge in [0.1, 0.15) is 17.9 Å². The van der Waals surface area contributed by atoms with Gasteiger partial charge in [-0.25, -0.2) is 5.43 Å². The molecule has 0 fully saturated rings. The van der Waals surface area contributed by atoms with Gasteiger partial charge in [0, 0.05) is 22.2 Å². The molecule has 0 radical (unpaired) electrons. The van der Waals surface area contributed by atoms with Crippen molar-refractivity contribution in [3.05, 3.63) is 92.6 Å². The summed E-state index contributed by atoms with van der Waals surface area (Å²) in [5.74, 6) is 1.29. The number of fused-ring (bicyclic) bond motifs is 1. The molecule has 0 saturated heterocycles. The minimum atomic E-state index is -0.393. The highest BCUT2D eigenvalue weighted by Gasteiger charge is 2.12. The summed E-state index contributed by atoms with van der Waals surface area (Å²) in [6.45, 7) is 0.116. The lowest BCUT2D eigenvalue weighted by molar-refractivity contribution is -0.123. The number of halogens is 2. The first-order valence-electron chi connectivity index (χ1n) is 10.6. The number of carbonyl (C=O) groups is 1. The number of benzene rings is 3. The molecule has 4 rings (SSSR count). The lowest BCUT2D eigenvalue weighted by atomic mass is 10.2. The Hall–Kier alpha value is -3.37. The molecule has 0 spiro atoms. The molecular formula is C26H21ClIN3O4. The Morgan fingerprint density at radius 3 is 2.74 bits per heavy atom. The molecule has 9 heteroatoms. The van der Waals surface area contributed by atoms with Crippen LogP contribution in [0.25, 0.3) is 10.9 Å². The zero-order valence-electron chi connectivity index (χ0n) is 18.7. The van der Waals surface area contributed by atoms with Gasteiger partial charge < -0.3 is 14.2 Å². The molecule has 0 aliphatic carbocycles. The predicted octanol–water partition coefficient (Wildman–Crippen LogP) is 5.61. The van der Waals surface area contributed by atoms with Crippen molar-refractivity contribution in [2.75, 3.05) is 13.7 Å². The minimum absolute atomic E-state index is 0.192. The third kappa shape index (κ3) is 6.40. The summed E-state index contributed by atoms with van der Waals surface area (Å²) in [5, 5.41) is 5.61. The molecule has 7 nitrogen and oxygen atoms in total. The number of ether oxygens (including phenoxy) is 3. The summed E-state index contributed by atoms with van der Waals surface area (Å²) in [7, 11) is 1.57. The van der Waals surface area contributed by atoms with E-state index in [2.05, 4.69) is 38.1 Å². The number of nitrogens with one attached hydrogen (secondary N) is 1. The monoisotopic (exact) mass is 601 g/mol. The van der Waals surface area contributed by atoms with Crippen LogP contribution in [0.5, 0.6) is 17.2 Å². The fourth-order valence-electron chi connectivity index (χ4n) is 3.27. The van der Waals surface area contributed by atoms with E-state index < -0.39 is 5.91 Å². The van der Waals surface area contributed by atoms with Crippen LogP contribution in [0, 0.1) is 3.57 Å². The third-order valence-electron chi connectivity index (χ3n) is 4.94. The molecule has 178 valence electrons. The van der Waals surface area contributed by atoms with Gasteiger partial charge in [0.2, 0.25) is 0 Å². The number of hydrogen-bond donors (Lipinski definition) is 1. The summed E-state index contributed by atoms with van der Waals surface area (Å²) in [4.78, 5) is 16.5. The molecule has 0 unspecified atom stereocenters. The molecule has 0 aliphatic rings. The van der Waals surface area contributed by atoms with Crippen molar-refractivity contribution in [3.63, 3.8) is 0 Å². The maximum atomic E-state index is 12.2. The molecule has 35 heavy (non-hydrogen) atoms. The van der Waals surface area contributed by atoms with Gasteiger partial charge in [-0.1, -0.05) is 48.0 Å². The Morgan fingerprint density at radius 1 is 1.09 bits per heavy atom. The van der Waals surface area contributed by atoms with E-state index in [9.17, 15) is 4.79 Å². The molecule has 1 aromatic heterocycles. The first kappa shape index (κ1) is 24.7. The van der Waals surface area contributed by atoms with E-state index in [1.807, 2.05) is 54.6 Å². The Kier molecular flexibility index (Phi) is 8.38. The topological polar surface area (TPSA) is 82.0 Å². The second-order valence-corrected chi connectivity index (χ2v) is 8.90. The van der Waals surface area contributed by atoms with Crippen LogP contribution in [0.15, 0.2) is 78.0 Å². The van der Waals surface area contributed by atoms with E-state index >= 15 is 0 Å². The first-order valence-corrected chi connectivity index (χ1v) is 12.0. The van der Waals surface area contributed by atoms with Crippen LogP contribution < -0.4 is 19.6 Å². The zero-order chi connectivity index (χ0) is 24.6. The summed E-state index contributed by atoms with van der Waals surface area (Å²) < 4.78 is 17.9. The molecule has 0 atom stereocenters. The van der Waals surface area contributed by atoms with Crippen LogP contribution in [0.2, 0.25) is 5.02 Å². The van der Waals surface area contributed by atoms with Gasteiger partial charge >= 0.3 is 0 Å². The van der Waals surface area contributed by atoms with E-state index in [0.717, 1.165) is 20.1 Å². The third-order valence-corrected chi connectivity index (χ3v) is 6.11. The Labute approximate surface area is 221 Å². The summed E-state index contributed by atoms with van der Waals surface area (Å²) in [5.41, 5.74) is 4.78. The van der Waals surface area contributed by atoms with Crippen molar-refractivity contribution in [1.29, 1.82) is 0 Å². The van der Waals surface area contributed by atoms with Crippen molar-refractivity contribution >= 4 is 57.2 Å². The van der Waals surface area contributed by atoms with Crippen LogP contribution in [-0.4, -0.2) is 30.8 Å². The molecule has 1 heterocycles. The van der Waals surface area contributed by atoms with Crippen LogP contribution in [0.1, 0.15) is 11.1 Å². The van der Waals surface area contributed by atoms with Gasteiger partial charge in [0.25, 0.3) is 5.91 Å². The average molecular weight is 602 g/mol. The molecule has 1 amide bonds. The number of hydrazone groups is 1. The normalized spacial score (nSPS) is 10.9. The molecule has 4 aromatic rings. The quantitative estimate of drug-likeness (QED) is 0.153. The lowest BCUT2D eigenvalue weighted by Gasteiger charge is -2.14. The van der Waals surface area contributed by atoms with E-state index in [1.165, 1.54) is 6.21 Å². The fraction of sp³-hybridized carbons (Fsp3) is 0.115. The average Bonchev–Trinajstić information content (AvgIpc) is 2.87. The van der Waals surface area contributed by atoms with Gasteiger partial charge in [-0.2, -0.15) is 5.10 Å². The number of methoxy groups -OCH3 is 1. The first-order chi connectivity index (χ1) is 17.0. The van der Waals surface area contributed by atoms with E-state index in [1.54, 1.807) is 25.4 Å². The highest BCUT2D eigenvalue weighted by molar-refractivity contribution is 14.1. The van der Waals surface area contributed by atoms with E-state index in [4.69, 9.17) is 25.8 Å². The van der Waals surface area contributed by atoms with Crippen LogP contribution in [-0.2, 0) is 11.4 Å². The lowest BCUT2D eigenvalue weighted by Crippen LogP contribution is -2.24. The largest absolute Gasteiger partial charge is 0.493 e. The van der Waals surface area contributed by atoms with Crippen molar-refractivity contribution < 1.29 is 19.0 Å². The summed E-state index contributed by atoms with van der Waals surface area (Å²) in [6.07, 6.45) is 3.21. The fourth-order valence-corrected chi connectivity index (χ4v) is 4.24. The van der Waals surface area contributed by atoms with Crippen LogP contribution >= 0.6 is 34.2 Å². The molecule has 3 aromatic carbocycles. The van der Waals surface area contributed by atoms with E-state index in [-0.39, 0.29) is 6.61 Å². The van der Waals surface area contributed by atoms with Crippen molar-refractivity contribution in [2.24, 2.45) is 5.10 Å². The highest BCUT2D eigenvalue weighted by Crippen LogP contribution is 2.34. The predicted molar refractivity (Wildman–Crippen MR) is 144 cm³/mol. The Bertz CT molecular complexity index is 1370. The smallest absolute Gasteiger partial charge is 0.277 e. The molecule has 0 bridgehead atoms. The number of nitrogens with zero attached hydrogens (tertiary/aromatic N) is 2. The number of aromatic nitrogens is 1. The number of amides is 1. The molecular weight excluding hydrogens is 581 g/mol. The number of hydrogen-bond acceptors (Lipinski definition) is 6. The Balaban J connectivity index is 1.36. The van der Waals surface area contributed by atoms with Gasteiger partial charge in [-0.15, -0.1) is 0 Å². The van der Waals surface area contributed by atoms with Gasteiger partial charge in [0.05, 0.1) is 16.9 Å². The number of para-hydroxylation sites is 1. The van der Waals surface area contributed by atoms with Crippen molar-refractivity contribution in [3.8, 4) is 17.2 Å². The van der Waals surface area contributed by atoms with Crippen molar-refractivity contribution in [2.45, 2.75) is 6.61 Å². The zero-order valence-corrected chi connectivity index (χ0v) is 21.6. The van der Waals surface area contributed by atoms with Gasteiger partial charge in [0.15, 0.2) is 18.1 Å². The Morgan fingerprint density at radius 2 is 1.91 bits per heavy atom. The van der Waals surface area contributed by atoms with Crippen molar-refractivity contribution in [1.82, 2.24) is 10.4 Å². The summed E-state index contributed by atoms with van der Waals surface area (Å²) >= 11 is 8.38. The molecule has 0 aliphatic heterocycles. The van der Waals surface area contributed by atoms with Crippen LogP contribution in [0.3, 0.4) is 0 Å². The van der Waals surface area contributed by atoms with E-state index in [0.29, 0.717) is 34.4 Å². The minimum Gasteiger partial charge on any atom is -0.493 e. The second kappa shape index (κ2) is 11.9. The molecule has 1 N–H and O–H groups in total. The maximum Gasteiger partial charge on any atom is 0.277 e. The highest BCUT2D eigenvalue weighted by atomic mass is 127. The van der Waals surface area contributed by atoms with Gasteiger partial charge in [-0.05, 0) is 58.5 Å². The van der Waals surface area contributed by atoms with Gasteiger partial charge in [-0.3, -0.25) is 9.78 Å². The number of carbonyl (C=O) groups excluding carboxylic acids is 1. The standard InChI is InChI=1S/C26H21ClIN3O4/c1-33-23-13-17(12-21(28)26(23)35-15-19-6-2-3-9-20(19)27)14-30-31-24(32)16-34-22-10-4-7-18-8-5-11-29-25(18)22/h2-14H,15-16H2,1H3,(H,31,32)/b30-14+.